The zero-order valence-electron chi connectivity index (χ0n) is 21.0. The molecule has 2 heterocycles. The Morgan fingerprint density at radius 1 is 0.974 bits per heavy atom. The average Bonchev–Trinajstić information content (AvgIpc) is 3.47. The molecule has 1 aliphatic rings. The fourth-order valence-electron chi connectivity index (χ4n) is 4.56. The Morgan fingerprint density at radius 3 is 2.42 bits per heavy atom. The van der Waals surface area contributed by atoms with Gasteiger partial charge in [0.25, 0.3) is 5.91 Å². The van der Waals surface area contributed by atoms with Gasteiger partial charge >= 0.3 is 5.97 Å². The minimum absolute atomic E-state index is 0.0455. The molecule has 0 radical (unpaired) electrons. The van der Waals surface area contributed by atoms with Gasteiger partial charge in [-0.15, -0.1) is 0 Å². The highest BCUT2D eigenvalue weighted by molar-refractivity contribution is 6.21. The predicted molar refractivity (Wildman–Crippen MR) is 140 cm³/mol. The van der Waals surface area contributed by atoms with E-state index in [2.05, 4.69) is 0 Å². The number of Topliss-reactive ketones (excluding diaryl/α,β-unsaturated/α-hetero) is 1. The summed E-state index contributed by atoms with van der Waals surface area (Å²) in [5, 5.41) is 11.7. The summed E-state index contributed by atoms with van der Waals surface area (Å²) in [7, 11) is 1.50. The Kier molecular flexibility index (Phi) is 6.46. The molecule has 0 spiro atoms. The van der Waals surface area contributed by atoms with Crippen molar-refractivity contribution in [3.63, 3.8) is 0 Å². The fraction of sp³-hybridized carbons (Fsp3) is 0.167. The highest BCUT2D eigenvalue weighted by atomic mass is 16.5. The van der Waals surface area contributed by atoms with Crippen molar-refractivity contribution in [2.24, 2.45) is 0 Å². The molecule has 5 rings (SSSR count). The minimum atomic E-state index is -0.970. The summed E-state index contributed by atoms with van der Waals surface area (Å²) in [6, 6.07) is 21.0. The zero-order chi connectivity index (χ0) is 27.0. The van der Waals surface area contributed by atoms with Crippen molar-refractivity contribution in [3.05, 3.63) is 107 Å². The Bertz CT molecular complexity index is 1580. The average molecular weight is 512 g/mol. The second-order valence-corrected chi connectivity index (χ2v) is 9.07. The maximum absolute atomic E-state index is 13.8. The van der Waals surface area contributed by atoms with Crippen LogP contribution < -0.4 is 9.64 Å². The van der Waals surface area contributed by atoms with Gasteiger partial charge in [-0.1, -0.05) is 48.5 Å². The van der Waals surface area contributed by atoms with E-state index < -0.39 is 29.5 Å². The molecule has 1 unspecified atom stereocenters. The molecule has 3 aromatic carbocycles. The number of amides is 1. The summed E-state index contributed by atoms with van der Waals surface area (Å²) in [4.78, 5) is 41.1. The Balaban J connectivity index is 1.61. The van der Waals surface area contributed by atoms with E-state index >= 15 is 0 Å². The lowest BCUT2D eigenvalue weighted by Crippen LogP contribution is -2.31. The van der Waals surface area contributed by atoms with Gasteiger partial charge in [-0.05, 0) is 49.7 Å². The fourth-order valence-corrected chi connectivity index (χ4v) is 4.56. The smallest absolute Gasteiger partial charge is 0.338 e. The lowest BCUT2D eigenvalue weighted by atomic mass is 9.94. The van der Waals surface area contributed by atoms with Crippen LogP contribution in [0.2, 0.25) is 0 Å². The van der Waals surface area contributed by atoms with Gasteiger partial charge in [-0.3, -0.25) is 14.5 Å². The minimum Gasteiger partial charge on any atom is -0.503 e. The van der Waals surface area contributed by atoms with Gasteiger partial charge in [-0.25, -0.2) is 4.79 Å². The standard InChI is InChI=1S/C30H25NO7/c1-17(2)37-30(35)20-12-7-13-21(15-20)31-25(18-9-5-4-6-10-18)24(27(33)29(31)34)26(32)23-16-19-11-8-14-22(36-3)28(19)38-23/h4-17,25,33H,1-3H3. The molecule has 0 fully saturated rings. The van der Waals surface area contributed by atoms with Crippen LogP contribution in [0.1, 0.15) is 46.4 Å². The number of ether oxygens (including phenoxy) is 2. The summed E-state index contributed by atoms with van der Waals surface area (Å²) in [6.07, 6.45) is -0.325. The monoisotopic (exact) mass is 511 g/mol. The van der Waals surface area contributed by atoms with Gasteiger partial charge in [-0.2, -0.15) is 0 Å². The van der Waals surface area contributed by atoms with E-state index in [0.29, 0.717) is 28.0 Å². The molecule has 1 atom stereocenters. The number of carbonyl (C=O) groups is 3. The normalized spacial score (nSPS) is 15.4. The van der Waals surface area contributed by atoms with Crippen LogP contribution >= 0.6 is 0 Å². The van der Waals surface area contributed by atoms with Gasteiger partial charge in [0, 0.05) is 11.1 Å². The van der Waals surface area contributed by atoms with Crippen molar-refractivity contribution in [2.75, 3.05) is 12.0 Å². The maximum Gasteiger partial charge on any atom is 0.338 e. The first-order valence-corrected chi connectivity index (χ1v) is 12.0. The second-order valence-electron chi connectivity index (χ2n) is 9.07. The molecule has 0 aliphatic carbocycles. The molecule has 8 heteroatoms. The SMILES string of the molecule is COc1cccc2cc(C(=O)C3=C(O)C(=O)N(c4cccc(C(=O)OC(C)C)c4)C3c3ccccc3)oc12. The van der Waals surface area contributed by atoms with Crippen molar-refractivity contribution in [2.45, 2.75) is 26.0 Å². The highest BCUT2D eigenvalue weighted by Gasteiger charge is 2.45. The molecular weight excluding hydrogens is 486 g/mol. The van der Waals surface area contributed by atoms with Crippen LogP contribution in [0.25, 0.3) is 11.0 Å². The van der Waals surface area contributed by atoms with Gasteiger partial charge in [0.15, 0.2) is 22.9 Å². The molecule has 1 amide bonds. The van der Waals surface area contributed by atoms with Crippen LogP contribution in [0, 0.1) is 0 Å². The number of fused-ring (bicyclic) bond motifs is 1. The van der Waals surface area contributed by atoms with Crippen LogP contribution in [-0.2, 0) is 9.53 Å². The Morgan fingerprint density at radius 2 is 1.71 bits per heavy atom. The first-order chi connectivity index (χ1) is 18.3. The maximum atomic E-state index is 13.8. The molecule has 38 heavy (non-hydrogen) atoms. The number of esters is 1. The number of hydrogen-bond donors (Lipinski definition) is 1. The Labute approximate surface area is 218 Å². The second kappa shape index (κ2) is 9.89. The number of methoxy groups -OCH3 is 1. The quantitative estimate of drug-likeness (QED) is 0.247. The Hall–Kier alpha value is -4.85. The van der Waals surface area contributed by atoms with E-state index in [9.17, 15) is 19.5 Å². The highest BCUT2D eigenvalue weighted by Crippen LogP contribution is 2.43. The van der Waals surface area contributed by atoms with Crippen LogP contribution in [0.4, 0.5) is 5.69 Å². The topological polar surface area (TPSA) is 106 Å². The predicted octanol–water partition coefficient (Wildman–Crippen LogP) is 5.79. The summed E-state index contributed by atoms with van der Waals surface area (Å²) >= 11 is 0. The number of carbonyl (C=O) groups excluding carboxylic acids is 3. The third kappa shape index (κ3) is 4.30. The number of aliphatic hydroxyl groups excluding tert-OH is 1. The molecule has 1 N–H and O–H groups in total. The largest absolute Gasteiger partial charge is 0.503 e. The number of ketones is 1. The van der Waals surface area contributed by atoms with E-state index in [0.717, 1.165) is 0 Å². The van der Waals surface area contributed by atoms with E-state index in [4.69, 9.17) is 13.9 Å². The van der Waals surface area contributed by atoms with Crippen LogP contribution in [-0.4, -0.2) is 36.0 Å². The molecule has 0 saturated heterocycles. The van der Waals surface area contributed by atoms with Crippen molar-refractivity contribution in [1.82, 2.24) is 0 Å². The summed E-state index contributed by atoms with van der Waals surface area (Å²) in [5.41, 5.74) is 1.40. The lowest BCUT2D eigenvalue weighted by molar-refractivity contribution is -0.117. The molecule has 8 nitrogen and oxygen atoms in total. The number of rotatable bonds is 7. The van der Waals surface area contributed by atoms with Crippen LogP contribution in [0.5, 0.6) is 5.75 Å². The van der Waals surface area contributed by atoms with E-state index in [1.807, 2.05) is 6.07 Å². The van der Waals surface area contributed by atoms with Gasteiger partial charge in [0.2, 0.25) is 5.78 Å². The summed E-state index contributed by atoms with van der Waals surface area (Å²) < 4.78 is 16.5. The number of nitrogens with zero attached hydrogens (tertiary/aromatic N) is 1. The molecule has 1 aliphatic heterocycles. The van der Waals surface area contributed by atoms with Crippen molar-refractivity contribution in [1.29, 1.82) is 0 Å². The van der Waals surface area contributed by atoms with Crippen molar-refractivity contribution >= 4 is 34.3 Å². The van der Waals surface area contributed by atoms with Gasteiger partial charge in [0.1, 0.15) is 0 Å². The summed E-state index contributed by atoms with van der Waals surface area (Å²) in [5.74, 6) is -2.24. The molecular formula is C30H25NO7. The number of anilines is 1. The third-order valence-corrected chi connectivity index (χ3v) is 6.22. The molecule has 0 saturated carbocycles. The van der Waals surface area contributed by atoms with Crippen molar-refractivity contribution in [3.8, 4) is 5.75 Å². The molecule has 4 aromatic rings. The first-order valence-electron chi connectivity index (χ1n) is 12.0. The summed E-state index contributed by atoms with van der Waals surface area (Å²) in [6.45, 7) is 3.48. The van der Waals surface area contributed by atoms with Gasteiger partial charge in [0.05, 0.1) is 30.4 Å². The van der Waals surface area contributed by atoms with Crippen LogP contribution in [0.15, 0.2) is 94.6 Å². The van der Waals surface area contributed by atoms with Crippen molar-refractivity contribution < 1.29 is 33.4 Å². The number of aliphatic hydroxyl groups is 1. The third-order valence-electron chi connectivity index (χ3n) is 6.22. The molecule has 1 aromatic heterocycles. The number of benzene rings is 3. The zero-order valence-corrected chi connectivity index (χ0v) is 21.0. The first kappa shape index (κ1) is 24.8. The van der Waals surface area contributed by atoms with Gasteiger partial charge < -0.3 is 19.0 Å². The number of para-hydroxylation sites is 1. The molecule has 0 bridgehead atoms. The number of hydrogen-bond acceptors (Lipinski definition) is 7. The number of furan rings is 1. The van der Waals surface area contributed by atoms with E-state index in [1.54, 1.807) is 80.6 Å². The van der Waals surface area contributed by atoms with Crippen LogP contribution in [0.3, 0.4) is 0 Å². The lowest BCUT2D eigenvalue weighted by Gasteiger charge is -2.27. The molecule has 192 valence electrons. The van der Waals surface area contributed by atoms with E-state index in [1.165, 1.54) is 18.1 Å². The van der Waals surface area contributed by atoms with E-state index in [-0.39, 0.29) is 23.0 Å².